The van der Waals surface area contributed by atoms with Gasteiger partial charge in [-0.25, -0.2) is 0 Å². The van der Waals surface area contributed by atoms with Crippen LogP contribution in [0.15, 0.2) is 0 Å². The monoisotopic (exact) mass is 199 g/mol. The quantitative estimate of drug-likeness (QED) is 0.665. The van der Waals surface area contributed by atoms with Crippen LogP contribution in [0.1, 0.15) is 26.2 Å². The third-order valence-corrected chi connectivity index (χ3v) is 3.12. The van der Waals surface area contributed by atoms with E-state index in [9.17, 15) is 4.79 Å². The average Bonchev–Trinajstić information content (AvgIpc) is 2.14. The molecule has 4 N–H and O–H groups in total. The van der Waals surface area contributed by atoms with Gasteiger partial charge < -0.3 is 11.5 Å². The first kappa shape index (κ1) is 11.5. The maximum absolute atomic E-state index is 10.7. The van der Waals surface area contributed by atoms with Gasteiger partial charge in [0, 0.05) is 25.6 Å². The molecule has 2 atom stereocenters. The van der Waals surface area contributed by atoms with Crippen molar-refractivity contribution >= 4 is 5.91 Å². The average molecular weight is 199 g/mol. The number of primary amides is 1. The van der Waals surface area contributed by atoms with Gasteiger partial charge in [0.2, 0.25) is 5.91 Å². The molecule has 0 aromatic rings. The van der Waals surface area contributed by atoms with E-state index in [4.69, 9.17) is 11.5 Å². The van der Waals surface area contributed by atoms with Gasteiger partial charge in [0.05, 0.1) is 0 Å². The van der Waals surface area contributed by atoms with Crippen LogP contribution in [-0.2, 0) is 4.79 Å². The molecule has 1 amide bonds. The molecule has 1 aliphatic heterocycles. The van der Waals surface area contributed by atoms with Crippen LogP contribution in [0.3, 0.4) is 0 Å². The fraction of sp³-hybridized carbons (Fsp3) is 0.900. The molecular weight excluding hydrogens is 178 g/mol. The number of nitrogens with zero attached hydrogens (tertiary/aromatic N) is 1. The van der Waals surface area contributed by atoms with E-state index in [1.54, 1.807) is 0 Å². The highest BCUT2D eigenvalue weighted by atomic mass is 16.1. The Balaban J connectivity index is 2.43. The van der Waals surface area contributed by atoms with Gasteiger partial charge >= 0.3 is 0 Å². The van der Waals surface area contributed by atoms with Crippen molar-refractivity contribution in [2.75, 3.05) is 19.6 Å². The number of carbonyl (C=O) groups is 1. The molecule has 1 heterocycles. The zero-order valence-electron chi connectivity index (χ0n) is 8.91. The zero-order valence-corrected chi connectivity index (χ0v) is 8.91. The summed E-state index contributed by atoms with van der Waals surface area (Å²) in [5.41, 5.74) is 10.9. The molecule has 4 nitrogen and oxygen atoms in total. The molecule has 1 rings (SSSR count). The summed E-state index contributed by atoms with van der Waals surface area (Å²) in [6, 6.07) is 0.433. The van der Waals surface area contributed by atoms with Gasteiger partial charge in [-0.3, -0.25) is 9.69 Å². The number of nitrogens with two attached hydrogens (primary N) is 2. The van der Waals surface area contributed by atoms with Gasteiger partial charge in [-0.2, -0.15) is 0 Å². The molecule has 0 spiro atoms. The number of carbonyl (C=O) groups excluding carboxylic acids is 1. The third-order valence-electron chi connectivity index (χ3n) is 3.12. The second-order valence-electron chi connectivity index (χ2n) is 4.17. The van der Waals surface area contributed by atoms with Gasteiger partial charge in [-0.1, -0.05) is 6.92 Å². The number of hydrogen-bond acceptors (Lipinski definition) is 3. The zero-order chi connectivity index (χ0) is 10.6. The van der Waals surface area contributed by atoms with Crippen molar-refractivity contribution in [2.45, 2.75) is 32.2 Å². The SMILES string of the molecule is CC1CCCN(CCC(N)=O)C1CN. The molecule has 0 radical (unpaired) electrons. The van der Waals surface area contributed by atoms with Crippen LogP contribution in [-0.4, -0.2) is 36.5 Å². The largest absolute Gasteiger partial charge is 0.370 e. The Labute approximate surface area is 85.6 Å². The summed E-state index contributed by atoms with van der Waals surface area (Å²) in [5.74, 6) is 0.417. The topological polar surface area (TPSA) is 72.3 Å². The molecule has 4 heteroatoms. The lowest BCUT2D eigenvalue weighted by Gasteiger charge is -2.39. The van der Waals surface area contributed by atoms with Gasteiger partial charge in [-0.05, 0) is 25.3 Å². The lowest BCUT2D eigenvalue weighted by atomic mass is 9.91. The van der Waals surface area contributed by atoms with Crippen molar-refractivity contribution in [1.82, 2.24) is 4.90 Å². The van der Waals surface area contributed by atoms with Crippen LogP contribution in [0, 0.1) is 5.92 Å². The highest BCUT2D eigenvalue weighted by Gasteiger charge is 2.26. The van der Waals surface area contributed by atoms with E-state index in [0.29, 0.717) is 24.9 Å². The number of piperidine rings is 1. The van der Waals surface area contributed by atoms with Gasteiger partial charge in [0.25, 0.3) is 0 Å². The van der Waals surface area contributed by atoms with Crippen molar-refractivity contribution in [3.05, 3.63) is 0 Å². The van der Waals surface area contributed by atoms with Crippen LogP contribution < -0.4 is 11.5 Å². The lowest BCUT2D eigenvalue weighted by Crippen LogP contribution is -2.49. The molecule has 1 saturated heterocycles. The fourth-order valence-corrected chi connectivity index (χ4v) is 2.25. The highest BCUT2D eigenvalue weighted by Crippen LogP contribution is 2.22. The summed E-state index contributed by atoms with van der Waals surface area (Å²) in [4.78, 5) is 13.0. The first-order chi connectivity index (χ1) is 6.65. The van der Waals surface area contributed by atoms with E-state index in [1.807, 2.05) is 0 Å². The van der Waals surface area contributed by atoms with Crippen LogP contribution in [0.5, 0.6) is 0 Å². The van der Waals surface area contributed by atoms with Crippen molar-refractivity contribution in [3.8, 4) is 0 Å². The van der Waals surface area contributed by atoms with E-state index in [0.717, 1.165) is 13.1 Å². The molecule has 1 fully saturated rings. The Morgan fingerprint density at radius 3 is 2.86 bits per heavy atom. The number of hydrogen-bond donors (Lipinski definition) is 2. The lowest BCUT2D eigenvalue weighted by molar-refractivity contribution is -0.118. The molecule has 2 unspecified atom stereocenters. The first-order valence-electron chi connectivity index (χ1n) is 5.37. The molecule has 1 aliphatic rings. The van der Waals surface area contributed by atoms with Crippen LogP contribution in [0.2, 0.25) is 0 Å². The molecule has 14 heavy (non-hydrogen) atoms. The van der Waals surface area contributed by atoms with E-state index in [-0.39, 0.29) is 5.91 Å². The van der Waals surface area contributed by atoms with Crippen LogP contribution >= 0.6 is 0 Å². The Morgan fingerprint density at radius 1 is 1.57 bits per heavy atom. The minimum Gasteiger partial charge on any atom is -0.370 e. The van der Waals surface area contributed by atoms with Gasteiger partial charge in [0.15, 0.2) is 0 Å². The molecule has 0 aromatic heterocycles. The van der Waals surface area contributed by atoms with E-state index < -0.39 is 0 Å². The first-order valence-corrected chi connectivity index (χ1v) is 5.37. The minimum atomic E-state index is -0.223. The summed E-state index contributed by atoms with van der Waals surface area (Å²) in [6.45, 7) is 4.73. The fourth-order valence-electron chi connectivity index (χ4n) is 2.25. The molecule has 0 aromatic carbocycles. The maximum atomic E-state index is 10.7. The number of rotatable bonds is 4. The van der Waals surface area contributed by atoms with E-state index in [2.05, 4.69) is 11.8 Å². The summed E-state index contributed by atoms with van der Waals surface area (Å²) in [5, 5.41) is 0. The smallest absolute Gasteiger partial charge is 0.218 e. The highest BCUT2D eigenvalue weighted by molar-refractivity contribution is 5.73. The predicted molar refractivity (Wildman–Crippen MR) is 56.6 cm³/mol. The minimum absolute atomic E-state index is 0.223. The third kappa shape index (κ3) is 2.96. The molecule has 0 saturated carbocycles. The predicted octanol–water partition coefficient (Wildman–Crippen LogP) is -0.0790. The van der Waals surface area contributed by atoms with Crippen LogP contribution in [0.4, 0.5) is 0 Å². The van der Waals surface area contributed by atoms with Crippen molar-refractivity contribution in [1.29, 1.82) is 0 Å². The van der Waals surface area contributed by atoms with Gasteiger partial charge in [0.1, 0.15) is 0 Å². The standard InChI is InChI=1S/C10H21N3O/c1-8-3-2-5-13(9(8)7-11)6-4-10(12)14/h8-9H,2-7,11H2,1H3,(H2,12,14). The van der Waals surface area contributed by atoms with Crippen molar-refractivity contribution in [2.24, 2.45) is 17.4 Å². The Morgan fingerprint density at radius 2 is 2.29 bits per heavy atom. The second-order valence-corrected chi connectivity index (χ2v) is 4.17. The molecule has 0 aliphatic carbocycles. The number of amides is 1. The Bertz CT molecular complexity index is 196. The van der Waals surface area contributed by atoms with Crippen molar-refractivity contribution in [3.63, 3.8) is 0 Å². The summed E-state index contributed by atoms with van der Waals surface area (Å²) in [7, 11) is 0. The molecule has 0 bridgehead atoms. The number of likely N-dealkylation sites (tertiary alicyclic amines) is 1. The summed E-state index contributed by atoms with van der Waals surface area (Å²) in [6.07, 6.45) is 2.90. The van der Waals surface area contributed by atoms with Crippen molar-refractivity contribution < 1.29 is 4.79 Å². The van der Waals surface area contributed by atoms with Crippen LogP contribution in [0.25, 0.3) is 0 Å². The molecule has 82 valence electrons. The summed E-state index contributed by atoms with van der Waals surface area (Å²) >= 11 is 0. The normalized spacial score (nSPS) is 29.0. The Kier molecular flexibility index (Phi) is 4.35. The van der Waals surface area contributed by atoms with E-state index >= 15 is 0 Å². The maximum Gasteiger partial charge on any atom is 0.218 e. The molecular formula is C10H21N3O. The second kappa shape index (κ2) is 5.32. The Hall–Kier alpha value is -0.610. The summed E-state index contributed by atoms with van der Waals surface area (Å²) < 4.78 is 0. The van der Waals surface area contributed by atoms with E-state index in [1.165, 1.54) is 12.8 Å². The van der Waals surface area contributed by atoms with Gasteiger partial charge in [-0.15, -0.1) is 0 Å².